The second-order valence-electron chi connectivity index (χ2n) is 3.75. The van der Waals surface area contributed by atoms with E-state index < -0.39 is 11.8 Å². The van der Waals surface area contributed by atoms with Crippen LogP contribution in [0.15, 0.2) is 41.1 Å². The summed E-state index contributed by atoms with van der Waals surface area (Å²) in [5.74, 6) is -1.54. The molecular formula is C14H11FO3S. The van der Waals surface area contributed by atoms with Gasteiger partial charge in [0.05, 0.1) is 0 Å². The van der Waals surface area contributed by atoms with Crippen LogP contribution in [0.1, 0.15) is 11.1 Å². The highest BCUT2D eigenvalue weighted by molar-refractivity contribution is 7.07. The van der Waals surface area contributed by atoms with Gasteiger partial charge in [0.1, 0.15) is 6.61 Å². The molecule has 0 saturated heterocycles. The molecule has 0 radical (unpaired) electrons. The highest BCUT2D eigenvalue weighted by atomic mass is 32.1. The number of thiophene rings is 1. The summed E-state index contributed by atoms with van der Waals surface area (Å²) in [5.41, 5.74) is 1.35. The molecule has 0 aliphatic heterocycles. The van der Waals surface area contributed by atoms with Crippen molar-refractivity contribution in [3.63, 3.8) is 0 Å². The third kappa shape index (κ3) is 3.66. The molecule has 0 aliphatic rings. The van der Waals surface area contributed by atoms with Crippen LogP contribution in [0.25, 0.3) is 6.08 Å². The third-order valence-corrected chi connectivity index (χ3v) is 3.10. The maximum atomic E-state index is 13.7. The molecule has 1 N–H and O–H groups in total. The van der Waals surface area contributed by atoms with E-state index in [0.29, 0.717) is 5.56 Å². The summed E-state index contributed by atoms with van der Waals surface area (Å²) in [5, 5.41) is 12.4. The Morgan fingerprint density at radius 3 is 2.95 bits per heavy atom. The average molecular weight is 278 g/mol. The number of hydrogen-bond acceptors (Lipinski definition) is 3. The second kappa shape index (κ2) is 6.15. The summed E-state index contributed by atoms with van der Waals surface area (Å²) in [6.07, 6.45) is 2.26. The molecule has 1 heterocycles. The van der Waals surface area contributed by atoms with Crippen molar-refractivity contribution in [1.82, 2.24) is 0 Å². The predicted octanol–water partition coefficient (Wildman–Crippen LogP) is 3.56. The van der Waals surface area contributed by atoms with Gasteiger partial charge in [-0.05, 0) is 34.5 Å². The summed E-state index contributed by atoms with van der Waals surface area (Å²) in [6, 6.07) is 6.28. The van der Waals surface area contributed by atoms with E-state index in [9.17, 15) is 9.18 Å². The lowest BCUT2D eigenvalue weighted by atomic mass is 10.2. The van der Waals surface area contributed by atoms with Crippen molar-refractivity contribution in [2.24, 2.45) is 0 Å². The topological polar surface area (TPSA) is 46.5 Å². The van der Waals surface area contributed by atoms with Crippen molar-refractivity contribution in [2.45, 2.75) is 6.61 Å². The molecular weight excluding hydrogens is 267 g/mol. The number of benzene rings is 1. The molecule has 0 fully saturated rings. The maximum absolute atomic E-state index is 13.7. The number of rotatable bonds is 5. The first kappa shape index (κ1) is 13.3. The van der Waals surface area contributed by atoms with Crippen LogP contribution in [0.3, 0.4) is 0 Å². The Balaban J connectivity index is 2.20. The van der Waals surface area contributed by atoms with Gasteiger partial charge in [-0.2, -0.15) is 11.3 Å². The molecule has 0 bridgehead atoms. The molecule has 2 rings (SSSR count). The minimum Gasteiger partial charge on any atom is -0.485 e. The lowest BCUT2D eigenvalue weighted by molar-refractivity contribution is -0.131. The SMILES string of the molecule is O=C(O)/C=C/c1cccc(F)c1OCc1ccsc1. The number of carboxylic acid groups (broad SMARTS) is 1. The van der Waals surface area contributed by atoms with Gasteiger partial charge in [-0.25, -0.2) is 9.18 Å². The van der Waals surface area contributed by atoms with Crippen molar-refractivity contribution in [3.8, 4) is 5.75 Å². The van der Waals surface area contributed by atoms with Crippen molar-refractivity contribution in [1.29, 1.82) is 0 Å². The molecule has 0 atom stereocenters. The van der Waals surface area contributed by atoms with Crippen LogP contribution < -0.4 is 4.74 Å². The van der Waals surface area contributed by atoms with Crippen molar-refractivity contribution in [2.75, 3.05) is 0 Å². The number of halogens is 1. The molecule has 3 nitrogen and oxygen atoms in total. The lowest BCUT2D eigenvalue weighted by Crippen LogP contribution is -1.98. The Hall–Kier alpha value is -2.14. The van der Waals surface area contributed by atoms with Gasteiger partial charge < -0.3 is 9.84 Å². The molecule has 1 aromatic heterocycles. The molecule has 19 heavy (non-hydrogen) atoms. The van der Waals surface area contributed by atoms with E-state index in [4.69, 9.17) is 9.84 Å². The van der Waals surface area contributed by atoms with Crippen LogP contribution in [0.4, 0.5) is 4.39 Å². The standard InChI is InChI=1S/C14H11FO3S/c15-12-3-1-2-11(4-5-13(16)17)14(12)18-8-10-6-7-19-9-10/h1-7,9H,8H2,(H,16,17)/b5-4+. The summed E-state index contributed by atoms with van der Waals surface area (Å²) in [4.78, 5) is 10.5. The van der Waals surface area contributed by atoms with Crippen LogP contribution in [0.5, 0.6) is 5.75 Å². The fourth-order valence-electron chi connectivity index (χ4n) is 1.50. The molecule has 1 aromatic carbocycles. The molecule has 0 unspecified atom stereocenters. The minimum atomic E-state index is -1.09. The third-order valence-electron chi connectivity index (χ3n) is 2.37. The van der Waals surface area contributed by atoms with Gasteiger partial charge in [-0.3, -0.25) is 0 Å². The highest BCUT2D eigenvalue weighted by Crippen LogP contribution is 2.25. The molecule has 0 spiro atoms. The smallest absolute Gasteiger partial charge is 0.328 e. The largest absolute Gasteiger partial charge is 0.485 e. The second-order valence-corrected chi connectivity index (χ2v) is 4.53. The minimum absolute atomic E-state index is 0.0613. The first-order valence-corrected chi connectivity index (χ1v) is 6.44. The lowest BCUT2D eigenvalue weighted by Gasteiger charge is -2.09. The van der Waals surface area contributed by atoms with E-state index in [1.54, 1.807) is 6.07 Å². The molecule has 5 heteroatoms. The zero-order valence-electron chi connectivity index (χ0n) is 9.88. The van der Waals surface area contributed by atoms with Crippen LogP contribution in [0.2, 0.25) is 0 Å². The van der Waals surface area contributed by atoms with E-state index in [2.05, 4.69) is 0 Å². The molecule has 98 valence electrons. The quantitative estimate of drug-likeness (QED) is 0.850. The molecule has 2 aromatic rings. The fourth-order valence-corrected chi connectivity index (χ4v) is 2.15. The van der Waals surface area contributed by atoms with Crippen molar-refractivity contribution < 1.29 is 19.0 Å². The van der Waals surface area contributed by atoms with Crippen molar-refractivity contribution in [3.05, 3.63) is 58.0 Å². The summed E-state index contributed by atoms with van der Waals surface area (Å²) in [7, 11) is 0. The maximum Gasteiger partial charge on any atom is 0.328 e. The zero-order valence-corrected chi connectivity index (χ0v) is 10.7. The number of aliphatic carboxylic acids is 1. The fraction of sp³-hybridized carbons (Fsp3) is 0.0714. The Kier molecular flexibility index (Phi) is 4.30. The van der Waals surface area contributed by atoms with Crippen LogP contribution in [-0.4, -0.2) is 11.1 Å². The van der Waals surface area contributed by atoms with Gasteiger partial charge in [0.15, 0.2) is 11.6 Å². The van der Waals surface area contributed by atoms with E-state index >= 15 is 0 Å². The highest BCUT2D eigenvalue weighted by Gasteiger charge is 2.08. The van der Waals surface area contributed by atoms with E-state index in [-0.39, 0.29) is 12.4 Å². The van der Waals surface area contributed by atoms with Gasteiger partial charge in [0.25, 0.3) is 0 Å². The Morgan fingerprint density at radius 1 is 1.42 bits per heavy atom. The Bertz CT molecular complexity index is 591. The first-order valence-electron chi connectivity index (χ1n) is 5.50. The predicted molar refractivity (Wildman–Crippen MR) is 71.7 cm³/mol. The van der Waals surface area contributed by atoms with Gasteiger partial charge in [0, 0.05) is 11.6 Å². The average Bonchev–Trinajstić information content (AvgIpc) is 2.88. The number of carboxylic acids is 1. The molecule has 0 aliphatic carbocycles. The Morgan fingerprint density at radius 2 is 2.26 bits per heavy atom. The first-order chi connectivity index (χ1) is 9.16. The normalized spacial score (nSPS) is 10.8. The Labute approximate surface area is 113 Å². The van der Waals surface area contributed by atoms with Gasteiger partial charge in [-0.1, -0.05) is 12.1 Å². The zero-order chi connectivity index (χ0) is 13.7. The van der Waals surface area contributed by atoms with Gasteiger partial charge in [-0.15, -0.1) is 0 Å². The summed E-state index contributed by atoms with van der Waals surface area (Å²) in [6.45, 7) is 0.248. The van der Waals surface area contributed by atoms with Crippen LogP contribution in [-0.2, 0) is 11.4 Å². The van der Waals surface area contributed by atoms with Gasteiger partial charge in [0.2, 0.25) is 0 Å². The number of ether oxygens (including phenoxy) is 1. The van der Waals surface area contributed by atoms with Gasteiger partial charge >= 0.3 is 5.97 Å². The van der Waals surface area contributed by atoms with E-state index in [0.717, 1.165) is 11.6 Å². The summed E-state index contributed by atoms with van der Waals surface area (Å²) < 4.78 is 19.1. The number of carbonyl (C=O) groups is 1. The number of hydrogen-bond donors (Lipinski definition) is 1. The number of para-hydroxylation sites is 1. The monoisotopic (exact) mass is 278 g/mol. The molecule has 0 amide bonds. The van der Waals surface area contributed by atoms with E-state index in [1.165, 1.54) is 29.5 Å². The summed E-state index contributed by atoms with van der Waals surface area (Å²) >= 11 is 1.53. The molecule has 0 saturated carbocycles. The van der Waals surface area contributed by atoms with Crippen molar-refractivity contribution >= 4 is 23.4 Å². The van der Waals surface area contributed by atoms with Crippen LogP contribution in [0, 0.1) is 5.82 Å². The van der Waals surface area contributed by atoms with Crippen LogP contribution >= 0.6 is 11.3 Å². The van der Waals surface area contributed by atoms with E-state index in [1.807, 2.05) is 16.8 Å².